The molecule has 0 unspecified atom stereocenters. The van der Waals surface area contributed by atoms with Gasteiger partial charge in [0.25, 0.3) is 0 Å². The van der Waals surface area contributed by atoms with E-state index in [9.17, 15) is 8.78 Å². The fourth-order valence-corrected chi connectivity index (χ4v) is 2.46. The average molecular weight is 308 g/mol. The summed E-state index contributed by atoms with van der Waals surface area (Å²) in [6.45, 7) is 3.45. The van der Waals surface area contributed by atoms with Gasteiger partial charge in [-0.15, -0.1) is 11.6 Å². The van der Waals surface area contributed by atoms with Crippen molar-refractivity contribution >= 4 is 22.8 Å². The van der Waals surface area contributed by atoms with Gasteiger partial charge in [-0.2, -0.15) is 0 Å². The van der Waals surface area contributed by atoms with Crippen molar-refractivity contribution in [3.05, 3.63) is 53.0 Å². The van der Waals surface area contributed by atoms with Crippen LogP contribution in [0.1, 0.15) is 17.0 Å². The summed E-state index contributed by atoms with van der Waals surface area (Å²) in [6, 6.07) is 4.43. The first-order valence-corrected chi connectivity index (χ1v) is 6.91. The Kier molecular flexibility index (Phi) is 3.37. The Morgan fingerprint density at radius 1 is 1.24 bits per heavy atom. The van der Waals surface area contributed by atoms with Crippen LogP contribution in [0, 0.1) is 25.5 Å². The van der Waals surface area contributed by atoms with Gasteiger partial charge < -0.3 is 0 Å². The Labute approximate surface area is 125 Å². The molecule has 0 aliphatic heterocycles. The van der Waals surface area contributed by atoms with Crippen LogP contribution in [0.25, 0.3) is 16.9 Å². The summed E-state index contributed by atoms with van der Waals surface area (Å²) in [7, 11) is 0. The second kappa shape index (κ2) is 5.07. The predicted molar refractivity (Wildman–Crippen MR) is 77.8 cm³/mol. The third kappa shape index (κ3) is 2.17. The highest BCUT2D eigenvalue weighted by atomic mass is 35.5. The number of aryl methyl sites for hydroxylation is 2. The Morgan fingerprint density at radius 2 is 2.00 bits per heavy atom. The zero-order chi connectivity index (χ0) is 15.1. The maximum atomic E-state index is 14.4. The first-order chi connectivity index (χ1) is 10.0. The quantitative estimate of drug-likeness (QED) is 0.669. The summed E-state index contributed by atoms with van der Waals surface area (Å²) in [5, 5.41) is 0. The molecule has 3 rings (SSSR count). The van der Waals surface area contributed by atoms with E-state index in [4.69, 9.17) is 11.6 Å². The van der Waals surface area contributed by atoms with Gasteiger partial charge in [-0.3, -0.25) is 4.57 Å². The molecule has 0 saturated carbocycles. The van der Waals surface area contributed by atoms with Crippen LogP contribution in [-0.2, 0) is 5.88 Å². The van der Waals surface area contributed by atoms with Crippen molar-refractivity contribution in [2.75, 3.05) is 0 Å². The Bertz CT molecular complexity index is 843. The average Bonchev–Trinajstić information content (AvgIpc) is 2.81. The van der Waals surface area contributed by atoms with E-state index < -0.39 is 11.6 Å². The van der Waals surface area contributed by atoms with Crippen molar-refractivity contribution in [3.8, 4) is 5.69 Å². The minimum Gasteiger partial charge on any atom is -0.274 e. The molecule has 3 aromatic rings. The number of hydrogen-bond acceptors (Lipinski definition) is 2. The minimum absolute atomic E-state index is 0.0300. The molecule has 21 heavy (non-hydrogen) atoms. The van der Waals surface area contributed by atoms with E-state index in [2.05, 4.69) is 9.97 Å². The summed E-state index contributed by atoms with van der Waals surface area (Å²) in [6.07, 6.45) is 1.63. The van der Waals surface area contributed by atoms with Crippen LogP contribution in [0.3, 0.4) is 0 Å². The maximum Gasteiger partial charge on any atom is 0.164 e. The van der Waals surface area contributed by atoms with E-state index in [0.717, 1.165) is 5.56 Å². The third-order valence-corrected chi connectivity index (χ3v) is 3.55. The van der Waals surface area contributed by atoms with E-state index in [1.165, 1.54) is 16.7 Å². The summed E-state index contributed by atoms with van der Waals surface area (Å²) in [4.78, 5) is 8.56. The van der Waals surface area contributed by atoms with Crippen LogP contribution in [0.4, 0.5) is 8.78 Å². The van der Waals surface area contributed by atoms with Gasteiger partial charge in [-0.1, -0.05) is 6.07 Å². The fraction of sp³-hybridized carbons (Fsp3) is 0.200. The van der Waals surface area contributed by atoms with Gasteiger partial charge in [0.15, 0.2) is 11.5 Å². The van der Waals surface area contributed by atoms with Crippen molar-refractivity contribution in [2.24, 2.45) is 0 Å². The normalized spacial score (nSPS) is 11.3. The lowest BCUT2D eigenvalue weighted by Gasteiger charge is -2.11. The number of halogens is 3. The molecule has 108 valence electrons. The van der Waals surface area contributed by atoms with Crippen molar-refractivity contribution in [1.29, 1.82) is 0 Å². The van der Waals surface area contributed by atoms with E-state index >= 15 is 0 Å². The first-order valence-electron chi connectivity index (χ1n) is 6.38. The maximum absolute atomic E-state index is 14.4. The molecule has 1 aromatic carbocycles. The zero-order valence-electron chi connectivity index (χ0n) is 11.5. The van der Waals surface area contributed by atoms with Gasteiger partial charge in [0.2, 0.25) is 0 Å². The van der Waals surface area contributed by atoms with E-state index in [0.29, 0.717) is 22.6 Å². The molecule has 0 saturated heterocycles. The highest BCUT2D eigenvalue weighted by Gasteiger charge is 2.20. The van der Waals surface area contributed by atoms with Crippen molar-refractivity contribution in [2.45, 2.75) is 19.7 Å². The van der Waals surface area contributed by atoms with Crippen LogP contribution in [0.2, 0.25) is 0 Å². The van der Waals surface area contributed by atoms with Crippen LogP contribution < -0.4 is 0 Å². The third-order valence-electron chi connectivity index (χ3n) is 3.31. The lowest BCUT2D eigenvalue weighted by molar-refractivity contribution is 0.563. The number of pyridine rings is 1. The highest BCUT2D eigenvalue weighted by Crippen LogP contribution is 2.27. The van der Waals surface area contributed by atoms with E-state index in [1.54, 1.807) is 19.2 Å². The molecule has 2 aromatic heterocycles. The number of imidazole rings is 1. The van der Waals surface area contributed by atoms with Crippen LogP contribution in [0.5, 0.6) is 0 Å². The van der Waals surface area contributed by atoms with Crippen molar-refractivity contribution < 1.29 is 8.78 Å². The van der Waals surface area contributed by atoms with E-state index in [1.807, 2.05) is 6.92 Å². The lowest BCUT2D eigenvalue weighted by Crippen LogP contribution is -2.07. The Hall–Kier alpha value is -2.01. The number of alkyl halides is 1. The second-order valence-corrected chi connectivity index (χ2v) is 5.15. The number of benzene rings is 1. The minimum atomic E-state index is -0.675. The van der Waals surface area contributed by atoms with Crippen molar-refractivity contribution in [1.82, 2.24) is 14.5 Å². The molecule has 0 aliphatic rings. The standard InChI is InChI=1S/C15H12ClF2N3/c1-8-5-11-15(19-7-8)21(12(6-16)20-11)14-10(17)4-3-9(2)13(14)18/h3-5,7H,6H2,1-2H3. The molecule has 0 spiro atoms. The number of nitrogens with zero attached hydrogens (tertiary/aromatic N) is 3. The SMILES string of the molecule is Cc1cnc2c(c1)nc(CCl)n2-c1c(F)ccc(C)c1F. The molecule has 2 heterocycles. The second-order valence-electron chi connectivity index (χ2n) is 4.88. The molecular formula is C15H12ClF2N3. The summed E-state index contributed by atoms with van der Waals surface area (Å²) in [5.41, 5.74) is 2.02. The van der Waals surface area contributed by atoms with Gasteiger partial charge in [0.1, 0.15) is 22.8 Å². The molecule has 0 aliphatic carbocycles. The summed E-state index contributed by atoms with van der Waals surface area (Å²) in [5.74, 6) is -0.926. The van der Waals surface area contributed by atoms with Crippen LogP contribution in [-0.4, -0.2) is 14.5 Å². The first kappa shape index (κ1) is 13.9. The number of aromatic nitrogens is 3. The molecule has 0 N–H and O–H groups in total. The number of hydrogen-bond donors (Lipinski definition) is 0. The molecule has 0 bridgehead atoms. The predicted octanol–water partition coefficient (Wildman–Crippen LogP) is 4.05. The van der Waals surface area contributed by atoms with Crippen molar-refractivity contribution in [3.63, 3.8) is 0 Å². The monoisotopic (exact) mass is 307 g/mol. The Balaban J connectivity index is 2.42. The van der Waals surface area contributed by atoms with E-state index in [-0.39, 0.29) is 11.6 Å². The number of fused-ring (bicyclic) bond motifs is 1. The molecule has 3 nitrogen and oxygen atoms in total. The van der Waals surface area contributed by atoms with Gasteiger partial charge in [0.05, 0.1) is 5.88 Å². The van der Waals surface area contributed by atoms with Gasteiger partial charge in [-0.25, -0.2) is 18.7 Å². The largest absolute Gasteiger partial charge is 0.274 e. The Morgan fingerprint density at radius 3 is 2.71 bits per heavy atom. The number of rotatable bonds is 2. The van der Waals surface area contributed by atoms with Crippen LogP contribution in [0.15, 0.2) is 24.4 Å². The summed E-state index contributed by atoms with van der Waals surface area (Å²) < 4.78 is 29.9. The van der Waals surface area contributed by atoms with Gasteiger partial charge >= 0.3 is 0 Å². The van der Waals surface area contributed by atoms with Crippen LogP contribution >= 0.6 is 11.6 Å². The smallest absolute Gasteiger partial charge is 0.164 e. The zero-order valence-corrected chi connectivity index (χ0v) is 12.2. The molecule has 0 fully saturated rings. The molecule has 0 radical (unpaired) electrons. The fourth-order valence-electron chi connectivity index (χ4n) is 2.28. The topological polar surface area (TPSA) is 30.7 Å². The summed E-state index contributed by atoms with van der Waals surface area (Å²) >= 11 is 5.88. The molecule has 6 heteroatoms. The molecule has 0 amide bonds. The lowest BCUT2D eigenvalue weighted by atomic mass is 10.2. The molecular weight excluding hydrogens is 296 g/mol. The molecule has 0 atom stereocenters. The highest BCUT2D eigenvalue weighted by molar-refractivity contribution is 6.16. The van der Waals surface area contributed by atoms with Gasteiger partial charge in [-0.05, 0) is 37.1 Å². The van der Waals surface area contributed by atoms with Gasteiger partial charge in [0, 0.05) is 6.20 Å².